The van der Waals surface area contributed by atoms with E-state index in [1.54, 1.807) is 36.4 Å². The molecular formula is C23H16F3NO3. The highest BCUT2D eigenvalue weighted by Crippen LogP contribution is 2.37. The van der Waals surface area contributed by atoms with Crippen molar-refractivity contribution in [1.29, 1.82) is 0 Å². The van der Waals surface area contributed by atoms with Crippen molar-refractivity contribution in [1.82, 2.24) is 0 Å². The van der Waals surface area contributed by atoms with Crippen molar-refractivity contribution < 1.29 is 27.9 Å². The van der Waals surface area contributed by atoms with Gasteiger partial charge in [0.15, 0.2) is 0 Å². The fourth-order valence-electron chi connectivity index (χ4n) is 2.89. The minimum Gasteiger partial charge on any atom is -0.478 e. The number of hydrogen-bond acceptors (Lipinski definition) is 2. The lowest BCUT2D eigenvalue weighted by molar-refractivity contribution is -0.137. The maximum Gasteiger partial charge on any atom is 0.417 e. The van der Waals surface area contributed by atoms with Gasteiger partial charge in [0, 0.05) is 6.08 Å². The van der Waals surface area contributed by atoms with Gasteiger partial charge >= 0.3 is 12.1 Å². The Morgan fingerprint density at radius 2 is 1.57 bits per heavy atom. The van der Waals surface area contributed by atoms with Crippen LogP contribution < -0.4 is 5.32 Å². The van der Waals surface area contributed by atoms with Gasteiger partial charge in [-0.25, -0.2) is 4.79 Å². The van der Waals surface area contributed by atoms with Crippen LogP contribution in [0.5, 0.6) is 0 Å². The van der Waals surface area contributed by atoms with Crippen LogP contribution in [0.15, 0.2) is 78.9 Å². The number of aromatic carboxylic acids is 1. The topological polar surface area (TPSA) is 66.4 Å². The second kappa shape index (κ2) is 8.65. The summed E-state index contributed by atoms with van der Waals surface area (Å²) in [5.41, 5.74) is -0.152. The molecule has 0 bridgehead atoms. The van der Waals surface area contributed by atoms with Gasteiger partial charge in [-0.3, -0.25) is 4.79 Å². The third-order valence-corrected chi connectivity index (χ3v) is 4.28. The lowest BCUT2D eigenvalue weighted by Gasteiger charge is -2.14. The number of para-hydroxylation sites is 1. The smallest absolute Gasteiger partial charge is 0.417 e. The lowest BCUT2D eigenvalue weighted by Crippen LogP contribution is -2.12. The molecule has 3 aromatic carbocycles. The normalized spacial score (nSPS) is 11.4. The molecule has 0 spiro atoms. The van der Waals surface area contributed by atoms with Crippen LogP contribution in [0.2, 0.25) is 0 Å². The Hall–Kier alpha value is -3.87. The van der Waals surface area contributed by atoms with Crippen LogP contribution in [0.25, 0.3) is 17.2 Å². The quantitative estimate of drug-likeness (QED) is 0.528. The second-order valence-electron chi connectivity index (χ2n) is 6.34. The summed E-state index contributed by atoms with van der Waals surface area (Å²) in [6.07, 6.45) is -2.28. The number of rotatable bonds is 5. The Labute approximate surface area is 170 Å². The molecule has 0 unspecified atom stereocenters. The third kappa shape index (κ3) is 4.94. The summed E-state index contributed by atoms with van der Waals surface area (Å²) in [5.74, 6) is -1.87. The summed E-state index contributed by atoms with van der Waals surface area (Å²) in [4.78, 5) is 23.3. The molecule has 0 fully saturated rings. The van der Waals surface area contributed by atoms with E-state index < -0.39 is 23.6 Å². The van der Waals surface area contributed by atoms with Gasteiger partial charge in [0.05, 0.1) is 16.8 Å². The summed E-state index contributed by atoms with van der Waals surface area (Å²) in [6.45, 7) is 0. The molecule has 0 atom stereocenters. The number of carbonyl (C=O) groups excluding carboxylic acids is 1. The summed E-state index contributed by atoms with van der Waals surface area (Å²) >= 11 is 0. The molecule has 4 nitrogen and oxygen atoms in total. The van der Waals surface area contributed by atoms with Crippen molar-refractivity contribution in [3.8, 4) is 11.1 Å². The minimum atomic E-state index is -4.57. The molecule has 0 radical (unpaired) electrons. The number of benzene rings is 3. The van der Waals surface area contributed by atoms with Gasteiger partial charge in [0.1, 0.15) is 0 Å². The van der Waals surface area contributed by atoms with E-state index >= 15 is 0 Å². The molecule has 1 amide bonds. The van der Waals surface area contributed by atoms with Gasteiger partial charge in [0.2, 0.25) is 5.91 Å². The van der Waals surface area contributed by atoms with E-state index in [0.717, 1.165) is 12.1 Å². The van der Waals surface area contributed by atoms with E-state index in [4.69, 9.17) is 5.11 Å². The Kier molecular flexibility index (Phi) is 6.01. The SMILES string of the molecule is O=C(C=Cc1ccc(-c2ccccc2)c(C(F)(F)F)c1)Nc1ccccc1C(=O)O. The van der Waals surface area contributed by atoms with Crippen LogP contribution in [-0.2, 0) is 11.0 Å². The summed E-state index contributed by atoms with van der Waals surface area (Å²) in [5, 5.41) is 11.6. The van der Waals surface area contributed by atoms with E-state index in [1.165, 1.54) is 36.4 Å². The Balaban J connectivity index is 1.86. The van der Waals surface area contributed by atoms with E-state index in [2.05, 4.69) is 5.32 Å². The van der Waals surface area contributed by atoms with Crippen molar-refractivity contribution in [3.05, 3.63) is 95.6 Å². The molecule has 0 heterocycles. The van der Waals surface area contributed by atoms with Crippen LogP contribution in [0.4, 0.5) is 18.9 Å². The number of anilines is 1. The Morgan fingerprint density at radius 1 is 0.900 bits per heavy atom. The van der Waals surface area contributed by atoms with Crippen LogP contribution >= 0.6 is 0 Å². The number of carboxylic acids is 1. The predicted octanol–water partition coefficient (Wildman–Crippen LogP) is 5.72. The first-order valence-electron chi connectivity index (χ1n) is 8.84. The summed E-state index contributed by atoms with van der Waals surface area (Å²) < 4.78 is 40.7. The first-order chi connectivity index (χ1) is 14.3. The van der Waals surface area contributed by atoms with Crippen molar-refractivity contribution in [2.45, 2.75) is 6.18 Å². The van der Waals surface area contributed by atoms with Gasteiger partial charge in [-0.15, -0.1) is 0 Å². The predicted molar refractivity (Wildman–Crippen MR) is 108 cm³/mol. The molecule has 2 N–H and O–H groups in total. The molecule has 0 saturated heterocycles. The number of carboxylic acid groups (broad SMARTS) is 1. The number of nitrogens with one attached hydrogen (secondary N) is 1. The lowest BCUT2D eigenvalue weighted by atomic mass is 9.97. The zero-order chi connectivity index (χ0) is 21.7. The highest BCUT2D eigenvalue weighted by atomic mass is 19.4. The average Bonchev–Trinajstić information content (AvgIpc) is 2.72. The highest BCUT2D eigenvalue weighted by molar-refractivity contribution is 6.06. The zero-order valence-electron chi connectivity index (χ0n) is 15.5. The van der Waals surface area contributed by atoms with Gasteiger partial charge in [-0.1, -0.05) is 54.6 Å². The molecule has 0 saturated carbocycles. The Bertz CT molecular complexity index is 1110. The molecule has 0 aliphatic heterocycles. The van der Waals surface area contributed by atoms with Crippen molar-refractivity contribution in [2.24, 2.45) is 0 Å². The standard InChI is InChI=1S/C23H16F3NO3/c24-23(25,26)19-14-15(10-12-17(19)16-6-2-1-3-7-16)11-13-21(28)27-20-9-5-4-8-18(20)22(29)30/h1-14H,(H,27,28)(H,29,30). The highest BCUT2D eigenvalue weighted by Gasteiger charge is 2.33. The molecule has 0 aromatic heterocycles. The summed E-state index contributed by atoms with van der Waals surface area (Å²) in [6, 6.07) is 17.8. The van der Waals surface area contributed by atoms with Crippen LogP contribution in [0.3, 0.4) is 0 Å². The molecular weight excluding hydrogens is 395 g/mol. The van der Waals surface area contributed by atoms with Crippen molar-refractivity contribution in [3.63, 3.8) is 0 Å². The maximum absolute atomic E-state index is 13.6. The fourth-order valence-corrected chi connectivity index (χ4v) is 2.89. The average molecular weight is 411 g/mol. The number of carbonyl (C=O) groups is 2. The van der Waals surface area contributed by atoms with E-state index in [1.807, 2.05) is 0 Å². The van der Waals surface area contributed by atoms with Gasteiger partial charge in [-0.2, -0.15) is 13.2 Å². The van der Waals surface area contributed by atoms with Crippen LogP contribution in [0, 0.1) is 0 Å². The number of alkyl halides is 3. The van der Waals surface area contributed by atoms with E-state index in [0.29, 0.717) is 5.56 Å². The molecule has 30 heavy (non-hydrogen) atoms. The Morgan fingerprint density at radius 3 is 2.23 bits per heavy atom. The first-order valence-corrected chi connectivity index (χ1v) is 8.84. The molecule has 0 aliphatic carbocycles. The van der Waals surface area contributed by atoms with Crippen molar-refractivity contribution in [2.75, 3.05) is 5.32 Å². The molecule has 3 rings (SSSR count). The molecule has 3 aromatic rings. The van der Waals surface area contributed by atoms with Crippen LogP contribution in [-0.4, -0.2) is 17.0 Å². The zero-order valence-corrected chi connectivity index (χ0v) is 15.5. The first kappa shape index (κ1) is 20.9. The number of hydrogen-bond donors (Lipinski definition) is 2. The number of halogens is 3. The minimum absolute atomic E-state index is 0.0417. The number of amides is 1. The van der Waals surface area contributed by atoms with Gasteiger partial charge in [-0.05, 0) is 41.0 Å². The van der Waals surface area contributed by atoms with Crippen LogP contribution in [0.1, 0.15) is 21.5 Å². The van der Waals surface area contributed by atoms with E-state index in [-0.39, 0.29) is 22.4 Å². The largest absolute Gasteiger partial charge is 0.478 e. The molecule has 152 valence electrons. The van der Waals surface area contributed by atoms with Gasteiger partial charge in [0.25, 0.3) is 0 Å². The third-order valence-electron chi connectivity index (χ3n) is 4.28. The molecule has 7 heteroatoms. The van der Waals surface area contributed by atoms with Gasteiger partial charge < -0.3 is 10.4 Å². The molecule has 0 aliphatic rings. The fraction of sp³-hybridized carbons (Fsp3) is 0.0435. The monoisotopic (exact) mass is 411 g/mol. The summed E-state index contributed by atoms with van der Waals surface area (Å²) in [7, 11) is 0. The maximum atomic E-state index is 13.6. The van der Waals surface area contributed by atoms with E-state index in [9.17, 15) is 22.8 Å². The second-order valence-corrected chi connectivity index (χ2v) is 6.34. The van der Waals surface area contributed by atoms with Crippen molar-refractivity contribution >= 4 is 23.6 Å².